The molecule has 17 heteroatoms. The molecule has 1 aliphatic rings. The molecular formula is C41H56N8O9. The maximum absolute atomic E-state index is 14.3. The number of nitrogens with zero attached hydrogens (tertiary/aromatic N) is 1. The van der Waals surface area contributed by atoms with E-state index < -0.39 is 91.3 Å². The standard InChI is InChI=1S/C41H56N8O9/c1-23(2)15-31-40(55)47-32(16-26-11-13-28(57-6)14-12-26)39(54)44-25(5)38(53)48-34(24(3)4)19-49(37(52)22-58-21-35(42)50)20-36(51)45-33(41(56)46-31)17-27-18-43-30-10-8-7-9-29(27)30/h7-14,18,23-25,31-34,43H,15-17,19-22H2,1-6H3,(H2,42,50)(H,44,54)(H,45,51)(H,46,56)(H,47,55)(H,48,53)/t25-,31+,32+,33-,34-/m1/s1. The van der Waals surface area contributed by atoms with Gasteiger partial charge in [0, 0.05) is 42.5 Å². The van der Waals surface area contributed by atoms with Crippen LogP contribution in [0.5, 0.6) is 5.75 Å². The molecule has 2 aromatic carbocycles. The third kappa shape index (κ3) is 13.0. The average molecular weight is 805 g/mol. The van der Waals surface area contributed by atoms with Gasteiger partial charge in [-0.2, -0.15) is 0 Å². The highest BCUT2D eigenvalue weighted by molar-refractivity contribution is 5.96. The summed E-state index contributed by atoms with van der Waals surface area (Å²) >= 11 is 0. The molecule has 5 atom stereocenters. The molecule has 0 radical (unpaired) electrons. The number of carbonyl (C=O) groups is 7. The van der Waals surface area contributed by atoms with E-state index in [4.69, 9.17) is 15.2 Å². The Balaban J connectivity index is 1.75. The lowest BCUT2D eigenvalue weighted by molar-refractivity contribution is -0.142. The van der Waals surface area contributed by atoms with Crippen LogP contribution in [0.1, 0.15) is 52.2 Å². The lowest BCUT2D eigenvalue weighted by Gasteiger charge is -2.32. The van der Waals surface area contributed by atoms with Crippen molar-refractivity contribution in [3.8, 4) is 5.75 Å². The zero-order valence-electron chi connectivity index (χ0n) is 33.9. The summed E-state index contributed by atoms with van der Waals surface area (Å²) in [6, 6.07) is 9.06. The van der Waals surface area contributed by atoms with Crippen molar-refractivity contribution >= 4 is 52.3 Å². The van der Waals surface area contributed by atoms with Gasteiger partial charge in [0.25, 0.3) is 0 Å². The van der Waals surface area contributed by atoms with E-state index in [0.29, 0.717) is 16.9 Å². The van der Waals surface area contributed by atoms with Crippen LogP contribution in [0.25, 0.3) is 10.9 Å². The molecule has 3 aromatic rings. The summed E-state index contributed by atoms with van der Waals surface area (Å²) in [5.41, 5.74) is 7.40. The van der Waals surface area contributed by atoms with Crippen molar-refractivity contribution in [1.82, 2.24) is 36.5 Å². The first kappa shape index (κ1) is 44.7. The SMILES string of the molecule is COc1ccc(C[C@@H]2NC(=O)[C@H](CC(C)C)NC(=O)[C@@H](Cc3c[nH]c4ccccc34)NC(=O)CN(C(=O)COCC(N)=O)C[C@H](C(C)C)NC(=O)[C@@H](C)NC2=O)cc1. The lowest BCUT2D eigenvalue weighted by Crippen LogP contribution is -2.60. The minimum absolute atomic E-state index is 0.0122. The Morgan fingerprint density at radius 3 is 2.09 bits per heavy atom. The Morgan fingerprint density at radius 2 is 1.43 bits per heavy atom. The molecule has 0 saturated carbocycles. The first-order valence-electron chi connectivity index (χ1n) is 19.4. The summed E-state index contributed by atoms with van der Waals surface area (Å²) in [7, 11) is 1.53. The summed E-state index contributed by atoms with van der Waals surface area (Å²) in [5, 5.41) is 14.8. The molecule has 8 N–H and O–H groups in total. The summed E-state index contributed by atoms with van der Waals surface area (Å²) in [4.78, 5) is 99.1. The van der Waals surface area contributed by atoms with E-state index in [-0.39, 0.29) is 37.6 Å². The predicted octanol–water partition coefficient (Wildman–Crippen LogP) is 0.452. The van der Waals surface area contributed by atoms with Gasteiger partial charge in [0.1, 0.15) is 43.1 Å². The van der Waals surface area contributed by atoms with Crippen LogP contribution in [0.2, 0.25) is 0 Å². The number of methoxy groups -OCH3 is 1. The Hall–Kier alpha value is -5.97. The number of aromatic nitrogens is 1. The Morgan fingerprint density at radius 1 is 0.793 bits per heavy atom. The van der Waals surface area contributed by atoms with Crippen LogP contribution in [0, 0.1) is 11.8 Å². The fraction of sp³-hybridized carbons (Fsp3) is 0.488. The molecule has 0 spiro atoms. The molecule has 1 fully saturated rings. The van der Waals surface area contributed by atoms with Crippen LogP contribution in [0.3, 0.4) is 0 Å². The number of fused-ring (bicyclic) bond motifs is 1. The molecule has 0 unspecified atom stereocenters. The highest BCUT2D eigenvalue weighted by atomic mass is 16.5. The zero-order chi connectivity index (χ0) is 42.5. The number of hydrogen-bond donors (Lipinski definition) is 7. The number of amides is 7. The van der Waals surface area contributed by atoms with Gasteiger partial charge in [-0.25, -0.2) is 0 Å². The van der Waals surface area contributed by atoms with Crippen LogP contribution in [0.15, 0.2) is 54.7 Å². The van der Waals surface area contributed by atoms with E-state index in [2.05, 4.69) is 31.6 Å². The van der Waals surface area contributed by atoms with Crippen LogP contribution >= 0.6 is 0 Å². The van der Waals surface area contributed by atoms with Crippen LogP contribution in [-0.4, -0.2) is 115 Å². The molecule has 0 bridgehead atoms. The van der Waals surface area contributed by atoms with Gasteiger partial charge in [0.15, 0.2) is 0 Å². The number of benzene rings is 2. The molecule has 4 rings (SSSR count). The topological polar surface area (TPSA) is 243 Å². The number of H-pyrrole nitrogens is 1. The number of aromatic amines is 1. The Bertz CT molecular complexity index is 1930. The summed E-state index contributed by atoms with van der Waals surface area (Å²) in [5.74, 6) is -4.47. The van der Waals surface area contributed by atoms with Crippen LogP contribution < -0.4 is 37.1 Å². The maximum Gasteiger partial charge on any atom is 0.249 e. The quantitative estimate of drug-likeness (QED) is 0.134. The summed E-state index contributed by atoms with van der Waals surface area (Å²) < 4.78 is 10.4. The fourth-order valence-corrected chi connectivity index (χ4v) is 6.53. The number of primary amides is 1. The third-order valence-electron chi connectivity index (χ3n) is 9.78. The van der Waals surface area contributed by atoms with Gasteiger partial charge in [-0.1, -0.05) is 58.0 Å². The zero-order valence-corrected chi connectivity index (χ0v) is 33.9. The number of para-hydroxylation sites is 1. The highest BCUT2D eigenvalue weighted by Crippen LogP contribution is 2.20. The van der Waals surface area contributed by atoms with E-state index in [1.807, 2.05) is 52.0 Å². The van der Waals surface area contributed by atoms with E-state index >= 15 is 0 Å². The van der Waals surface area contributed by atoms with Crippen molar-refractivity contribution < 1.29 is 43.0 Å². The second-order valence-electron chi connectivity index (χ2n) is 15.3. The molecule has 58 heavy (non-hydrogen) atoms. The van der Waals surface area contributed by atoms with Crippen molar-refractivity contribution in [2.75, 3.05) is 33.4 Å². The summed E-state index contributed by atoms with van der Waals surface area (Å²) in [6.45, 7) is 7.01. The number of hydrogen-bond acceptors (Lipinski definition) is 9. The highest BCUT2D eigenvalue weighted by Gasteiger charge is 2.34. The molecule has 17 nitrogen and oxygen atoms in total. The number of carbonyl (C=O) groups excluding carboxylic acids is 7. The van der Waals surface area contributed by atoms with Gasteiger partial charge in [-0.3, -0.25) is 33.6 Å². The van der Waals surface area contributed by atoms with Gasteiger partial charge in [-0.15, -0.1) is 0 Å². The third-order valence-corrected chi connectivity index (χ3v) is 9.78. The minimum atomic E-state index is -1.23. The Kier molecular flexibility index (Phi) is 16.2. The maximum atomic E-state index is 14.3. The number of nitrogens with two attached hydrogens (primary N) is 1. The molecule has 7 amide bonds. The molecule has 1 aromatic heterocycles. The van der Waals surface area contributed by atoms with Crippen molar-refractivity contribution in [3.63, 3.8) is 0 Å². The average Bonchev–Trinajstić information content (AvgIpc) is 3.58. The normalized spacial score (nSPS) is 21.7. The van der Waals surface area contributed by atoms with Crippen LogP contribution in [-0.2, 0) is 51.1 Å². The van der Waals surface area contributed by atoms with Gasteiger partial charge < -0.3 is 51.7 Å². The van der Waals surface area contributed by atoms with Crippen molar-refractivity contribution in [2.24, 2.45) is 17.6 Å². The summed E-state index contributed by atoms with van der Waals surface area (Å²) in [6.07, 6.45) is 1.98. The molecular weight excluding hydrogens is 748 g/mol. The molecule has 1 aliphatic heterocycles. The van der Waals surface area contributed by atoms with Crippen LogP contribution in [0.4, 0.5) is 0 Å². The van der Waals surface area contributed by atoms with Gasteiger partial charge in [-0.05, 0) is 54.5 Å². The molecule has 0 aliphatic carbocycles. The first-order valence-corrected chi connectivity index (χ1v) is 19.4. The molecule has 2 heterocycles. The van der Waals surface area contributed by atoms with Gasteiger partial charge in [0.05, 0.1) is 13.7 Å². The smallest absolute Gasteiger partial charge is 0.249 e. The van der Waals surface area contributed by atoms with Gasteiger partial charge in [0.2, 0.25) is 41.4 Å². The lowest BCUT2D eigenvalue weighted by atomic mass is 9.99. The van der Waals surface area contributed by atoms with E-state index in [1.165, 1.54) is 14.0 Å². The van der Waals surface area contributed by atoms with Crippen molar-refractivity contribution in [3.05, 3.63) is 65.9 Å². The number of rotatable bonds is 12. The van der Waals surface area contributed by atoms with Crippen molar-refractivity contribution in [1.29, 1.82) is 0 Å². The van der Waals surface area contributed by atoms with E-state index in [1.54, 1.807) is 30.5 Å². The number of ether oxygens (including phenoxy) is 2. The second kappa shape index (κ2) is 21.0. The van der Waals surface area contributed by atoms with E-state index in [0.717, 1.165) is 15.8 Å². The monoisotopic (exact) mass is 804 g/mol. The molecule has 314 valence electrons. The van der Waals surface area contributed by atoms with E-state index in [9.17, 15) is 33.6 Å². The largest absolute Gasteiger partial charge is 0.497 e. The van der Waals surface area contributed by atoms with Gasteiger partial charge >= 0.3 is 0 Å². The molecule has 1 saturated heterocycles. The first-order chi connectivity index (χ1) is 27.5. The second-order valence-corrected chi connectivity index (χ2v) is 15.3. The fourth-order valence-electron chi connectivity index (χ4n) is 6.53. The minimum Gasteiger partial charge on any atom is -0.497 e. The van der Waals surface area contributed by atoms with Crippen molar-refractivity contribution in [2.45, 2.75) is 84.1 Å². The Labute approximate surface area is 337 Å². The number of nitrogens with one attached hydrogen (secondary N) is 6. The predicted molar refractivity (Wildman–Crippen MR) is 215 cm³/mol.